The summed E-state index contributed by atoms with van der Waals surface area (Å²) in [4.78, 5) is 23.4. The molecule has 0 amide bonds. The SMILES string of the molecule is C/C=C(\C=C/C(C)F)Cn1c(NC2CCN(P(=O)(O)O)CC2)nc2ccccc21. The Morgan fingerprint density at radius 2 is 2.07 bits per heavy atom. The van der Waals surface area contributed by atoms with Crippen LogP contribution in [-0.2, 0) is 11.1 Å². The lowest BCUT2D eigenvalue weighted by Crippen LogP contribution is -2.37. The molecule has 1 atom stereocenters. The molecule has 0 aliphatic carbocycles. The lowest BCUT2D eigenvalue weighted by molar-refractivity contribution is 0.238. The molecule has 0 saturated carbocycles. The highest BCUT2D eigenvalue weighted by Gasteiger charge is 2.30. The summed E-state index contributed by atoms with van der Waals surface area (Å²) < 4.78 is 27.9. The Labute approximate surface area is 170 Å². The summed E-state index contributed by atoms with van der Waals surface area (Å²) in [6.07, 6.45) is 5.49. The molecule has 0 radical (unpaired) electrons. The summed E-state index contributed by atoms with van der Waals surface area (Å²) in [5, 5.41) is 3.45. The number of anilines is 1. The minimum atomic E-state index is -4.18. The first-order chi connectivity index (χ1) is 13.8. The smallest absolute Gasteiger partial charge is 0.353 e. The molecule has 7 nitrogen and oxygen atoms in total. The molecule has 0 bridgehead atoms. The fourth-order valence-electron chi connectivity index (χ4n) is 3.48. The fourth-order valence-corrected chi connectivity index (χ4v) is 4.23. The lowest BCUT2D eigenvalue weighted by Gasteiger charge is -2.32. The van der Waals surface area contributed by atoms with Crippen LogP contribution in [0.3, 0.4) is 0 Å². The van der Waals surface area contributed by atoms with Crippen LogP contribution in [0.2, 0.25) is 0 Å². The van der Waals surface area contributed by atoms with E-state index in [9.17, 15) is 18.7 Å². The Kier molecular flexibility index (Phi) is 6.90. The van der Waals surface area contributed by atoms with E-state index in [-0.39, 0.29) is 6.04 Å². The maximum Gasteiger partial charge on any atom is 0.402 e. The van der Waals surface area contributed by atoms with Crippen molar-refractivity contribution in [1.29, 1.82) is 0 Å². The molecule has 1 fully saturated rings. The maximum absolute atomic E-state index is 13.2. The highest BCUT2D eigenvalue weighted by molar-refractivity contribution is 7.49. The first-order valence-corrected chi connectivity index (χ1v) is 11.3. The van der Waals surface area contributed by atoms with Gasteiger partial charge in [-0.15, -0.1) is 0 Å². The number of alkyl halides is 1. The zero-order valence-electron chi connectivity index (χ0n) is 16.7. The Morgan fingerprint density at radius 1 is 1.38 bits per heavy atom. The number of nitrogens with zero attached hydrogens (tertiary/aromatic N) is 3. The molecule has 2 aromatic rings. The molecule has 1 unspecified atom stereocenters. The van der Waals surface area contributed by atoms with Crippen molar-refractivity contribution in [3.63, 3.8) is 0 Å². The van der Waals surface area contributed by atoms with Gasteiger partial charge >= 0.3 is 7.75 Å². The van der Waals surface area contributed by atoms with Gasteiger partial charge in [0.25, 0.3) is 0 Å². The average Bonchev–Trinajstić information content (AvgIpc) is 3.01. The second kappa shape index (κ2) is 9.22. The zero-order chi connectivity index (χ0) is 21.0. The molecule has 3 rings (SSSR count). The van der Waals surface area contributed by atoms with Crippen LogP contribution in [-0.4, -0.2) is 49.3 Å². The lowest BCUT2D eigenvalue weighted by atomic mass is 10.1. The zero-order valence-corrected chi connectivity index (χ0v) is 17.6. The minimum absolute atomic E-state index is 0.0730. The van der Waals surface area contributed by atoms with E-state index < -0.39 is 13.9 Å². The van der Waals surface area contributed by atoms with Gasteiger partial charge in [-0.3, -0.25) is 0 Å². The van der Waals surface area contributed by atoms with E-state index in [2.05, 4.69) is 9.88 Å². The number of halogens is 1. The molecule has 1 aromatic heterocycles. The highest BCUT2D eigenvalue weighted by atomic mass is 31.2. The van der Waals surface area contributed by atoms with Gasteiger partial charge in [0.2, 0.25) is 5.95 Å². The predicted octanol–water partition coefficient (Wildman–Crippen LogP) is 3.87. The molecular weight excluding hydrogens is 394 g/mol. The molecule has 2 heterocycles. The predicted molar refractivity (Wildman–Crippen MR) is 113 cm³/mol. The number of aromatic nitrogens is 2. The summed E-state index contributed by atoms with van der Waals surface area (Å²) >= 11 is 0. The van der Waals surface area contributed by atoms with Crippen molar-refractivity contribution in [2.24, 2.45) is 0 Å². The Bertz CT molecular complexity index is 942. The summed E-state index contributed by atoms with van der Waals surface area (Å²) in [5.41, 5.74) is 2.81. The molecule has 9 heteroatoms. The third-order valence-electron chi connectivity index (χ3n) is 5.11. The summed E-state index contributed by atoms with van der Waals surface area (Å²) in [6, 6.07) is 7.91. The van der Waals surface area contributed by atoms with Gasteiger partial charge in [-0.05, 0) is 44.4 Å². The number of nitrogens with one attached hydrogen (secondary N) is 1. The summed E-state index contributed by atoms with van der Waals surface area (Å²) in [5.74, 6) is 0.710. The van der Waals surface area contributed by atoms with Crippen molar-refractivity contribution in [3.05, 3.63) is 48.1 Å². The third-order valence-corrected chi connectivity index (χ3v) is 6.25. The second-order valence-corrected chi connectivity index (χ2v) is 8.89. The number of fused-ring (bicyclic) bond motifs is 1. The largest absolute Gasteiger partial charge is 0.402 e. The Hall–Kier alpha value is -1.99. The number of hydrogen-bond donors (Lipinski definition) is 3. The van der Waals surface area contributed by atoms with Gasteiger partial charge < -0.3 is 19.7 Å². The number of hydrogen-bond acceptors (Lipinski definition) is 3. The Balaban J connectivity index is 1.81. The minimum Gasteiger partial charge on any atom is -0.353 e. The van der Waals surface area contributed by atoms with Crippen molar-refractivity contribution in [2.45, 2.75) is 45.4 Å². The standard InChI is InChI=1S/C20H28FN4O3P/c1-3-16(9-8-15(2)21)14-25-19-7-5-4-6-18(19)23-20(25)22-17-10-12-24(13-11-17)29(26,27)28/h3-9,15,17H,10-14H2,1-2H3,(H,22,23)(H2,26,27,28)/b9-8-,16-3+. The van der Waals surface area contributed by atoms with Crippen LogP contribution in [0.15, 0.2) is 48.1 Å². The van der Waals surface area contributed by atoms with E-state index in [1.165, 1.54) is 17.7 Å². The summed E-state index contributed by atoms with van der Waals surface area (Å²) in [7, 11) is -4.18. The molecule has 1 aliphatic heterocycles. The number of imidazole rings is 1. The van der Waals surface area contributed by atoms with Crippen LogP contribution in [0, 0.1) is 0 Å². The molecule has 1 aromatic carbocycles. The summed E-state index contributed by atoms with van der Waals surface area (Å²) in [6.45, 7) is 4.63. The molecular formula is C20H28FN4O3P. The van der Waals surface area contributed by atoms with Gasteiger partial charge in [0, 0.05) is 19.1 Å². The van der Waals surface area contributed by atoms with E-state index in [1.54, 1.807) is 6.08 Å². The van der Waals surface area contributed by atoms with Crippen LogP contribution < -0.4 is 5.32 Å². The van der Waals surface area contributed by atoms with Gasteiger partial charge in [0.05, 0.1) is 17.6 Å². The van der Waals surface area contributed by atoms with Gasteiger partial charge in [-0.25, -0.2) is 18.6 Å². The van der Waals surface area contributed by atoms with Gasteiger partial charge in [-0.2, -0.15) is 0 Å². The first kappa shape index (κ1) is 21.7. The van der Waals surface area contributed by atoms with Gasteiger partial charge in [-0.1, -0.05) is 30.4 Å². The third kappa shape index (κ3) is 5.54. The van der Waals surface area contributed by atoms with Crippen LogP contribution in [0.1, 0.15) is 26.7 Å². The molecule has 3 N–H and O–H groups in total. The van der Waals surface area contributed by atoms with Crippen molar-refractivity contribution in [2.75, 3.05) is 18.4 Å². The topological polar surface area (TPSA) is 90.6 Å². The molecule has 29 heavy (non-hydrogen) atoms. The molecule has 0 spiro atoms. The molecule has 1 aliphatic rings. The van der Waals surface area contributed by atoms with Crippen molar-refractivity contribution in [1.82, 2.24) is 14.2 Å². The number of para-hydroxylation sites is 2. The Morgan fingerprint density at radius 3 is 2.69 bits per heavy atom. The average molecular weight is 422 g/mol. The van der Waals surface area contributed by atoms with Crippen LogP contribution in [0.4, 0.5) is 10.3 Å². The van der Waals surface area contributed by atoms with Crippen molar-refractivity contribution < 1.29 is 18.7 Å². The van der Waals surface area contributed by atoms with Crippen molar-refractivity contribution >= 4 is 24.7 Å². The van der Waals surface area contributed by atoms with E-state index in [1.807, 2.05) is 37.3 Å². The first-order valence-electron chi connectivity index (χ1n) is 9.78. The normalized spacial score (nSPS) is 18.6. The monoisotopic (exact) mass is 422 g/mol. The van der Waals surface area contributed by atoms with Gasteiger partial charge in [0.15, 0.2) is 0 Å². The van der Waals surface area contributed by atoms with Gasteiger partial charge in [0.1, 0.15) is 6.17 Å². The second-order valence-electron chi connectivity index (χ2n) is 7.30. The number of rotatable bonds is 7. The van der Waals surface area contributed by atoms with Crippen LogP contribution >= 0.6 is 7.75 Å². The van der Waals surface area contributed by atoms with E-state index in [4.69, 9.17) is 4.98 Å². The number of piperidine rings is 1. The maximum atomic E-state index is 13.2. The van der Waals surface area contributed by atoms with Crippen LogP contribution in [0.25, 0.3) is 11.0 Å². The fraction of sp³-hybridized carbons (Fsp3) is 0.450. The van der Waals surface area contributed by atoms with Crippen LogP contribution in [0.5, 0.6) is 0 Å². The van der Waals surface area contributed by atoms with Crippen molar-refractivity contribution in [3.8, 4) is 0 Å². The number of benzene rings is 1. The van der Waals surface area contributed by atoms with E-state index >= 15 is 0 Å². The van der Waals surface area contributed by atoms with E-state index in [0.717, 1.165) is 16.6 Å². The molecule has 1 saturated heterocycles. The number of allylic oxidation sites excluding steroid dienone is 4. The van der Waals surface area contributed by atoms with E-state index in [0.29, 0.717) is 38.4 Å². The quantitative estimate of drug-likeness (QED) is 0.464. The molecule has 158 valence electrons. The highest BCUT2D eigenvalue weighted by Crippen LogP contribution is 2.41.